The fraction of sp³-hybridized carbons (Fsp3) is 0.391. The van der Waals surface area contributed by atoms with Crippen molar-refractivity contribution >= 4 is 17.5 Å². The lowest BCUT2D eigenvalue weighted by molar-refractivity contribution is 0.0544. The monoisotopic (exact) mass is 378 g/mol. The SMILES string of the molecule is CCc1cccc(C)c1NC(=O)c1cccc2c1C(=O)N(C[C@@H]1CCCO1)C2. The molecule has 2 aromatic rings. The maximum absolute atomic E-state index is 13.1. The average molecular weight is 378 g/mol. The van der Waals surface area contributed by atoms with E-state index < -0.39 is 0 Å². The summed E-state index contributed by atoms with van der Waals surface area (Å²) < 4.78 is 5.68. The third-order valence-corrected chi connectivity index (χ3v) is 5.68. The first-order valence-electron chi connectivity index (χ1n) is 10.0. The second kappa shape index (κ2) is 7.76. The van der Waals surface area contributed by atoms with Gasteiger partial charge in [0.1, 0.15) is 0 Å². The van der Waals surface area contributed by atoms with Crippen molar-refractivity contribution in [3.8, 4) is 0 Å². The van der Waals surface area contributed by atoms with Crippen LogP contribution in [-0.2, 0) is 17.7 Å². The van der Waals surface area contributed by atoms with Gasteiger partial charge in [-0.1, -0.05) is 37.3 Å². The number of aryl methyl sites for hydroxylation is 2. The van der Waals surface area contributed by atoms with Crippen LogP contribution in [0.1, 0.15) is 57.2 Å². The van der Waals surface area contributed by atoms with Crippen LogP contribution in [0.5, 0.6) is 0 Å². The molecule has 0 saturated carbocycles. The molecule has 5 nitrogen and oxygen atoms in total. The number of rotatable bonds is 5. The topological polar surface area (TPSA) is 58.6 Å². The Labute approximate surface area is 165 Å². The van der Waals surface area contributed by atoms with Crippen LogP contribution in [0.2, 0.25) is 0 Å². The largest absolute Gasteiger partial charge is 0.376 e. The number of anilines is 1. The minimum atomic E-state index is -0.229. The van der Waals surface area contributed by atoms with Crippen molar-refractivity contribution in [1.82, 2.24) is 4.90 Å². The number of benzene rings is 2. The molecule has 0 aromatic heterocycles. The van der Waals surface area contributed by atoms with Crippen molar-refractivity contribution in [2.75, 3.05) is 18.5 Å². The van der Waals surface area contributed by atoms with Crippen LogP contribution in [0.4, 0.5) is 5.69 Å². The average Bonchev–Trinajstić information content (AvgIpc) is 3.32. The van der Waals surface area contributed by atoms with E-state index in [-0.39, 0.29) is 17.9 Å². The summed E-state index contributed by atoms with van der Waals surface area (Å²) in [5, 5.41) is 3.05. The third kappa shape index (κ3) is 3.42. The van der Waals surface area contributed by atoms with Gasteiger partial charge in [0, 0.05) is 25.4 Å². The van der Waals surface area contributed by atoms with Crippen molar-refractivity contribution in [3.63, 3.8) is 0 Å². The number of para-hydroxylation sites is 1. The highest BCUT2D eigenvalue weighted by Gasteiger charge is 2.33. The molecule has 2 aliphatic rings. The molecule has 0 bridgehead atoms. The molecule has 1 atom stereocenters. The Morgan fingerprint density at radius 1 is 1.25 bits per heavy atom. The first kappa shape index (κ1) is 18.7. The van der Waals surface area contributed by atoms with Crippen LogP contribution >= 0.6 is 0 Å². The zero-order valence-corrected chi connectivity index (χ0v) is 16.5. The van der Waals surface area contributed by atoms with Gasteiger partial charge in [0.15, 0.2) is 0 Å². The lowest BCUT2D eigenvalue weighted by Gasteiger charge is -2.19. The molecule has 5 heteroatoms. The van der Waals surface area contributed by atoms with E-state index in [1.165, 1.54) is 0 Å². The highest BCUT2D eigenvalue weighted by molar-refractivity contribution is 6.14. The molecule has 146 valence electrons. The van der Waals surface area contributed by atoms with Crippen LogP contribution in [0.15, 0.2) is 36.4 Å². The van der Waals surface area contributed by atoms with Gasteiger partial charge < -0.3 is 15.0 Å². The zero-order chi connectivity index (χ0) is 19.7. The van der Waals surface area contributed by atoms with Gasteiger partial charge in [-0.3, -0.25) is 9.59 Å². The number of hydrogen-bond acceptors (Lipinski definition) is 3. The van der Waals surface area contributed by atoms with Gasteiger partial charge >= 0.3 is 0 Å². The molecular formula is C23H26N2O3. The predicted molar refractivity (Wildman–Crippen MR) is 109 cm³/mol. The van der Waals surface area contributed by atoms with Crippen molar-refractivity contribution in [2.45, 2.75) is 45.8 Å². The first-order chi connectivity index (χ1) is 13.6. The molecule has 1 N–H and O–H groups in total. The van der Waals surface area contributed by atoms with Crippen molar-refractivity contribution in [1.29, 1.82) is 0 Å². The van der Waals surface area contributed by atoms with E-state index in [2.05, 4.69) is 12.2 Å². The Balaban J connectivity index is 1.59. The third-order valence-electron chi connectivity index (χ3n) is 5.68. The molecule has 1 saturated heterocycles. The van der Waals surface area contributed by atoms with Gasteiger partial charge in [-0.25, -0.2) is 0 Å². The second-order valence-corrected chi connectivity index (χ2v) is 7.58. The second-order valence-electron chi connectivity index (χ2n) is 7.58. The summed E-state index contributed by atoms with van der Waals surface area (Å²) in [6.45, 7) is 5.95. The fourth-order valence-electron chi connectivity index (χ4n) is 4.17. The van der Waals surface area contributed by atoms with Gasteiger partial charge in [0.2, 0.25) is 0 Å². The van der Waals surface area contributed by atoms with Crippen LogP contribution in [0.3, 0.4) is 0 Å². The minimum absolute atomic E-state index is 0.0725. The minimum Gasteiger partial charge on any atom is -0.376 e. The Morgan fingerprint density at radius 3 is 2.82 bits per heavy atom. The van der Waals surface area contributed by atoms with Crippen molar-refractivity contribution in [3.05, 3.63) is 64.2 Å². The zero-order valence-electron chi connectivity index (χ0n) is 16.5. The number of ether oxygens (including phenoxy) is 1. The molecule has 0 aliphatic carbocycles. The molecule has 0 spiro atoms. The van der Waals surface area contributed by atoms with Crippen molar-refractivity contribution in [2.24, 2.45) is 0 Å². The number of carbonyl (C=O) groups is 2. The summed E-state index contributed by atoms with van der Waals surface area (Å²) in [5.74, 6) is -0.301. The number of carbonyl (C=O) groups excluding carboxylic acids is 2. The highest BCUT2D eigenvalue weighted by atomic mass is 16.5. The maximum Gasteiger partial charge on any atom is 0.256 e. The van der Waals surface area contributed by atoms with E-state index in [1.54, 1.807) is 6.07 Å². The molecule has 2 aromatic carbocycles. The molecule has 2 amide bonds. The van der Waals surface area contributed by atoms with Crippen LogP contribution in [0.25, 0.3) is 0 Å². The number of hydrogen-bond donors (Lipinski definition) is 1. The normalized spacial score (nSPS) is 18.4. The molecule has 1 fully saturated rings. The molecular weight excluding hydrogens is 352 g/mol. The van der Waals surface area contributed by atoms with E-state index in [0.717, 1.165) is 48.2 Å². The van der Waals surface area contributed by atoms with Crippen molar-refractivity contribution < 1.29 is 14.3 Å². The Kier molecular flexibility index (Phi) is 5.18. The van der Waals surface area contributed by atoms with E-state index in [9.17, 15) is 9.59 Å². The Morgan fingerprint density at radius 2 is 2.07 bits per heavy atom. The molecule has 28 heavy (non-hydrogen) atoms. The summed E-state index contributed by atoms with van der Waals surface area (Å²) in [6.07, 6.45) is 2.97. The Bertz CT molecular complexity index is 916. The van der Waals surface area contributed by atoms with Gasteiger partial charge in [-0.2, -0.15) is 0 Å². The van der Waals surface area contributed by atoms with E-state index in [4.69, 9.17) is 4.74 Å². The predicted octanol–water partition coefficient (Wildman–Crippen LogP) is 3.94. The van der Waals surface area contributed by atoms with Gasteiger partial charge in [0.25, 0.3) is 11.8 Å². The van der Waals surface area contributed by atoms with Gasteiger partial charge in [-0.15, -0.1) is 0 Å². The van der Waals surface area contributed by atoms with Crippen LogP contribution < -0.4 is 5.32 Å². The lowest BCUT2D eigenvalue weighted by Crippen LogP contribution is -2.32. The molecule has 0 unspecified atom stereocenters. The number of amides is 2. The molecule has 2 heterocycles. The van der Waals surface area contributed by atoms with Crippen LogP contribution in [0, 0.1) is 6.92 Å². The summed E-state index contributed by atoms with van der Waals surface area (Å²) in [5.41, 5.74) is 4.84. The number of fused-ring (bicyclic) bond motifs is 1. The number of nitrogens with one attached hydrogen (secondary N) is 1. The molecule has 0 radical (unpaired) electrons. The summed E-state index contributed by atoms with van der Waals surface area (Å²) in [6, 6.07) is 11.5. The molecule has 4 rings (SSSR count). The number of nitrogens with zero attached hydrogens (tertiary/aromatic N) is 1. The van der Waals surface area contributed by atoms with E-state index >= 15 is 0 Å². The quantitative estimate of drug-likeness (QED) is 0.857. The summed E-state index contributed by atoms with van der Waals surface area (Å²) >= 11 is 0. The van der Waals surface area contributed by atoms with Crippen LogP contribution in [-0.4, -0.2) is 36.0 Å². The summed E-state index contributed by atoms with van der Waals surface area (Å²) in [4.78, 5) is 27.9. The van der Waals surface area contributed by atoms with Gasteiger partial charge in [-0.05, 0) is 48.9 Å². The lowest BCUT2D eigenvalue weighted by atomic mass is 10.0. The van der Waals surface area contributed by atoms with E-state index in [0.29, 0.717) is 24.2 Å². The van der Waals surface area contributed by atoms with E-state index in [1.807, 2.05) is 42.2 Å². The molecule has 2 aliphatic heterocycles. The fourth-order valence-corrected chi connectivity index (χ4v) is 4.17. The highest BCUT2D eigenvalue weighted by Crippen LogP contribution is 2.29. The summed E-state index contributed by atoms with van der Waals surface area (Å²) in [7, 11) is 0. The van der Waals surface area contributed by atoms with Gasteiger partial charge in [0.05, 0.1) is 17.2 Å². The smallest absolute Gasteiger partial charge is 0.256 e. The Hall–Kier alpha value is -2.66. The standard InChI is InChI=1S/C23H26N2O3/c1-3-16-8-4-7-15(2)21(16)24-22(26)19-11-5-9-17-13-25(23(27)20(17)19)14-18-10-6-12-28-18/h4-5,7-9,11,18H,3,6,10,12-14H2,1-2H3,(H,24,26)/t18-/m0/s1. The maximum atomic E-state index is 13.1. The first-order valence-corrected chi connectivity index (χ1v) is 10.0.